The van der Waals surface area contributed by atoms with E-state index < -0.39 is 12.0 Å². The average Bonchev–Trinajstić information content (AvgIpc) is 2.68. The Labute approximate surface area is 163 Å². The van der Waals surface area contributed by atoms with E-state index in [0.29, 0.717) is 30.2 Å². The minimum absolute atomic E-state index is 0.333. The molecule has 2 heterocycles. The molecule has 8 heteroatoms. The predicted octanol–water partition coefficient (Wildman–Crippen LogP) is 1.92. The Balaban J connectivity index is 2.01. The second-order valence-corrected chi connectivity index (χ2v) is 7.50. The van der Waals surface area contributed by atoms with Gasteiger partial charge in [0.25, 0.3) is 0 Å². The maximum absolute atomic E-state index is 12.6. The van der Waals surface area contributed by atoms with Crippen molar-refractivity contribution in [1.82, 2.24) is 15.5 Å². The van der Waals surface area contributed by atoms with E-state index in [4.69, 9.17) is 9.47 Å². The summed E-state index contributed by atoms with van der Waals surface area (Å²) >= 11 is 1.91. The van der Waals surface area contributed by atoms with E-state index in [1.807, 2.05) is 43.0 Å². The molecule has 0 bridgehead atoms. The molecule has 27 heavy (non-hydrogen) atoms. The number of methoxy groups -OCH3 is 1. The fourth-order valence-electron chi connectivity index (χ4n) is 3.32. The zero-order valence-electron chi connectivity index (χ0n) is 15.6. The molecule has 2 N–H and O–H groups in total. The molecule has 0 radical (unpaired) electrons. The zero-order valence-corrected chi connectivity index (χ0v) is 16.4. The van der Waals surface area contributed by atoms with Crippen molar-refractivity contribution in [2.45, 2.75) is 13.0 Å². The number of carbonyl (C=O) groups excluding carboxylic acids is 2. The lowest BCUT2D eigenvalue weighted by atomic mass is 9.94. The summed E-state index contributed by atoms with van der Waals surface area (Å²) in [5.74, 6) is 2.27. The van der Waals surface area contributed by atoms with Gasteiger partial charge in [-0.2, -0.15) is 11.8 Å². The van der Waals surface area contributed by atoms with Crippen LogP contribution in [0.1, 0.15) is 18.5 Å². The van der Waals surface area contributed by atoms with E-state index in [9.17, 15) is 9.59 Å². The first-order valence-corrected chi connectivity index (χ1v) is 10.2. The Morgan fingerprint density at radius 2 is 2.04 bits per heavy atom. The van der Waals surface area contributed by atoms with Crippen LogP contribution in [0.2, 0.25) is 0 Å². The van der Waals surface area contributed by atoms with E-state index >= 15 is 0 Å². The zero-order chi connectivity index (χ0) is 19.2. The van der Waals surface area contributed by atoms with Gasteiger partial charge in [0, 0.05) is 42.4 Å². The van der Waals surface area contributed by atoms with Crippen LogP contribution in [-0.4, -0.2) is 61.8 Å². The third-order valence-electron chi connectivity index (χ3n) is 4.57. The third kappa shape index (κ3) is 4.56. The smallest absolute Gasteiger partial charge is 0.338 e. The number of thioether (sulfide) groups is 1. The molecule has 1 aromatic rings. The number of nitrogens with zero attached hydrogens (tertiary/aromatic N) is 1. The minimum atomic E-state index is -0.622. The maximum Gasteiger partial charge on any atom is 0.338 e. The van der Waals surface area contributed by atoms with Gasteiger partial charge in [0.2, 0.25) is 0 Å². The SMILES string of the molecule is CCOc1ccccc1[C@H]1NC(=O)NC(CN2CCSCC2)=C1C(=O)OC. The lowest BCUT2D eigenvalue weighted by Gasteiger charge is -2.33. The number of hydrogen-bond donors (Lipinski definition) is 2. The number of benzene rings is 1. The van der Waals surface area contributed by atoms with Crippen molar-refractivity contribution in [3.63, 3.8) is 0 Å². The van der Waals surface area contributed by atoms with Crippen LogP contribution in [0.3, 0.4) is 0 Å². The number of rotatable bonds is 6. The quantitative estimate of drug-likeness (QED) is 0.722. The van der Waals surface area contributed by atoms with Crippen molar-refractivity contribution < 1.29 is 19.1 Å². The molecule has 1 fully saturated rings. The fourth-order valence-corrected chi connectivity index (χ4v) is 4.29. The van der Waals surface area contributed by atoms with Crippen molar-refractivity contribution in [2.24, 2.45) is 0 Å². The third-order valence-corrected chi connectivity index (χ3v) is 5.52. The van der Waals surface area contributed by atoms with Gasteiger partial charge < -0.3 is 20.1 Å². The largest absolute Gasteiger partial charge is 0.494 e. The molecule has 2 aliphatic heterocycles. The minimum Gasteiger partial charge on any atom is -0.494 e. The number of carbonyl (C=O) groups is 2. The highest BCUT2D eigenvalue weighted by atomic mass is 32.2. The molecular weight excluding hydrogens is 366 g/mol. The first-order chi connectivity index (χ1) is 13.1. The fraction of sp³-hybridized carbons (Fsp3) is 0.474. The second-order valence-electron chi connectivity index (χ2n) is 6.27. The molecule has 3 rings (SSSR count). The number of ether oxygens (including phenoxy) is 2. The van der Waals surface area contributed by atoms with Crippen LogP contribution in [0.4, 0.5) is 4.79 Å². The molecule has 0 aromatic heterocycles. The molecule has 0 spiro atoms. The summed E-state index contributed by atoms with van der Waals surface area (Å²) < 4.78 is 10.8. The molecular formula is C19H25N3O4S. The van der Waals surface area contributed by atoms with E-state index in [2.05, 4.69) is 15.5 Å². The number of esters is 1. The van der Waals surface area contributed by atoms with Gasteiger partial charge in [-0.1, -0.05) is 18.2 Å². The summed E-state index contributed by atoms with van der Waals surface area (Å²) in [7, 11) is 1.35. The van der Waals surface area contributed by atoms with Crippen LogP contribution >= 0.6 is 11.8 Å². The van der Waals surface area contributed by atoms with Crippen LogP contribution in [0.5, 0.6) is 5.75 Å². The molecule has 0 unspecified atom stereocenters. The predicted molar refractivity (Wildman–Crippen MR) is 105 cm³/mol. The lowest BCUT2D eigenvalue weighted by molar-refractivity contribution is -0.136. The van der Waals surface area contributed by atoms with E-state index in [0.717, 1.165) is 30.2 Å². The monoisotopic (exact) mass is 391 g/mol. The Bertz CT molecular complexity index is 731. The van der Waals surface area contributed by atoms with Crippen molar-refractivity contribution >= 4 is 23.8 Å². The molecule has 2 aliphatic rings. The van der Waals surface area contributed by atoms with Gasteiger partial charge in [-0.25, -0.2) is 9.59 Å². The molecule has 0 aliphatic carbocycles. The highest BCUT2D eigenvalue weighted by Gasteiger charge is 2.35. The number of urea groups is 1. The van der Waals surface area contributed by atoms with Crippen molar-refractivity contribution in [2.75, 3.05) is 44.9 Å². The Morgan fingerprint density at radius 3 is 2.74 bits per heavy atom. The van der Waals surface area contributed by atoms with Crippen molar-refractivity contribution in [1.29, 1.82) is 0 Å². The summed E-state index contributed by atoms with van der Waals surface area (Å²) in [6, 6.07) is 6.47. The molecule has 2 amide bonds. The van der Waals surface area contributed by atoms with Gasteiger partial charge >= 0.3 is 12.0 Å². The highest BCUT2D eigenvalue weighted by Crippen LogP contribution is 2.33. The standard InChI is InChI=1S/C19H25N3O4S/c1-3-26-15-7-5-4-6-13(15)17-16(18(23)25-2)14(20-19(24)21-17)12-22-8-10-27-11-9-22/h4-7,17H,3,8-12H2,1-2H3,(H2,20,21,24)/t17-/m1/s1. The number of para-hydroxylation sites is 1. The van der Waals surface area contributed by atoms with Gasteiger partial charge in [0.15, 0.2) is 0 Å². The summed E-state index contributed by atoms with van der Waals surface area (Å²) in [5.41, 5.74) is 1.75. The van der Waals surface area contributed by atoms with Gasteiger partial charge in [0.05, 0.1) is 25.3 Å². The Morgan fingerprint density at radius 1 is 1.30 bits per heavy atom. The Hall–Kier alpha value is -2.19. The second kappa shape index (κ2) is 9.14. The van der Waals surface area contributed by atoms with Crippen LogP contribution in [0.25, 0.3) is 0 Å². The first-order valence-electron chi connectivity index (χ1n) is 9.04. The van der Waals surface area contributed by atoms with E-state index in [1.165, 1.54) is 7.11 Å². The summed E-state index contributed by atoms with van der Waals surface area (Å²) in [6.07, 6.45) is 0. The van der Waals surface area contributed by atoms with E-state index in [1.54, 1.807) is 0 Å². The number of hydrogen-bond acceptors (Lipinski definition) is 6. The maximum atomic E-state index is 12.6. The molecule has 1 saturated heterocycles. The molecule has 0 saturated carbocycles. The summed E-state index contributed by atoms with van der Waals surface area (Å²) in [5, 5.41) is 5.67. The normalized spacial score (nSPS) is 20.7. The summed E-state index contributed by atoms with van der Waals surface area (Å²) in [6.45, 7) is 4.74. The topological polar surface area (TPSA) is 79.9 Å². The van der Waals surface area contributed by atoms with Gasteiger partial charge in [-0.05, 0) is 13.0 Å². The van der Waals surface area contributed by atoms with Crippen LogP contribution in [0.15, 0.2) is 35.5 Å². The van der Waals surface area contributed by atoms with Crippen LogP contribution < -0.4 is 15.4 Å². The summed E-state index contributed by atoms with van der Waals surface area (Å²) in [4.78, 5) is 27.2. The average molecular weight is 391 g/mol. The number of amides is 2. The van der Waals surface area contributed by atoms with Crippen molar-refractivity contribution in [3.8, 4) is 5.75 Å². The highest BCUT2D eigenvalue weighted by molar-refractivity contribution is 7.99. The molecule has 1 atom stereocenters. The number of nitrogens with one attached hydrogen (secondary N) is 2. The molecule has 1 aromatic carbocycles. The van der Waals surface area contributed by atoms with Crippen molar-refractivity contribution in [3.05, 3.63) is 41.1 Å². The molecule has 146 valence electrons. The molecule has 7 nitrogen and oxygen atoms in total. The van der Waals surface area contributed by atoms with Gasteiger partial charge in [-0.3, -0.25) is 4.90 Å². The van der Waals surface area contributed by atoms with Crippen LogP contribution in [-0.2, 0) is 9.53 Å². The first kappa shape index (κ1) is 19.6. The van der Waals surface area contributed by atoms with Crippen LogP contribution in [0, 0.1) is 0 Å². The van der Waals surface area contributed by atoms with E-state index in [-0.39, 0.29) is 6.03 Å². The van der Waals surface area contributed by atoms with Gasteiger partial charge in [0.1, 0.15) is 5.75 Å². The lowest BCUT2D eigenvalue weighted by Crippen LogP contribution is -2.49. The van der Waals surface area contributed by atoms with Gasteiger partial charge in [-0.15, -0.1) is 0 Å². The Kier molecular flexibility index (Phi) is 6.63.